The van der Waals surface area contributed by atoms with E-state index >= 15 is 0 Å². The predicted octanol–water partition coefficient (Wildman–Crippen LogP) is 3.81. The maximum absolute atomic E-state index is 12.7. The zero-order chi connectivity index (χ0) is 19.2. The van der Waals surface area contributed by atoms with Crippen molar-refractivity contribution < 1.29 is 9.72 Å². The molecule has 1 aliphatic rings. The third-order valence-corrected chi connectivity index (χ3v) is 5.61. The Hall–Kier alpha value is -2.54. The minimum absolute atomic E-state index is 0.0203. The molecule has 0 aromatic heterocycles. The van der Waals surface area contributed by atoms with Crippen molar-refractivity contribution in [3.05, 3.63) is 69.8 Å². The molecule has 0 spiro atoms. The van der Waals surface area contributed by atoms with E-state index in [4.69, 9.17) is 0 Å². The van der Waals surface area contributed by atoms with Crippen LogP contribution in [-0.4, -0.2) is 47.7 Å². The highest BCUT2D eigenvalue weighted by Crippen LogP contribution is 2.28. The Kier molecular flexibility index (Phi) is 6.34. The molecule has 3 rings (SSSR count). The quantitative estimate of drug-likeness (QED) is 0.559. The van der Waals surface area contributed by atoms with E-state index in [0.717, 1.165) is 11.5 Å². The number of piperazine rings is 1. The van der Waals surface area contributed by atoms with Gasteiger partial charge < -0.3 is 9.80 Å². The van der Waals surface area contributed by atoms with Gasteiger partial charge in [0.1, 0.15) is 5.69 Å². The molecule has 27 heavy (non-hydrogen) atoms. The molecule has 142 valence electrons. The van der Waals surface area contributed by atoms with Gasteiger partial charge in [-0.25, -0.2) is 0 Å². The van der Waals surface area contributed by atoms with Crippen LogP contribution in [0.3, 0.4) is 0 Å². The van der Waals surface area contributed by atoms with Crippen LogP contribution in [-0.2, 0) is 5.75 Å². The molecule has 1 saturated heterocycles. The summed E-state index contributed by atoms with van der Waals surface area (Å²) in [5.41, 5.74) is 2.64. The Balaban J connectivity index is 1.62. The van der Waals surface area contributed by atoms with E-state index in [2.05, 4.69) is 6.92 Å². The van der Waals surface area contributed by atoms with Crippen LogP contribution in [0.25, 0.3) is 0 Å². The number of amides is 1. The fourth-order valence-electron chi connectivity index (χ4n) is 3.18. The van der Waals surface area contributed by atoms with E-state index in [0.29, 0.717) is 37.4 Å². The van der Waals surface area contributed by atoms with Crippen molar-refractivity contribution in [3.8, 4) is 0 Å². The first-order valence-electron chi connectivity index (χ1n) is 9.04. The second kappa shape index (κ2) is 8.90. The zero-order valence-corrected chi connectivity index (χ0v) is 16.2. The predicted molar refractivity (Wildman–Crippen MR) is 109 cm³/mol. The number of para-hydroxylation sites is 2. The molecule has 2 aromatic rings. The van der Waals surface area contributed by atoms with Gasteiger partial charge in [-0.3, -0.25) is 14.9 Å². The van der Waals surface area contributed by atoms with E-state index in [1.807, 2.05) is 45.8 Å². The van der Waals surface area contributed by atoms with Crippen molar-refractivity contribution in [1.29, 1.82) is 0 Å². The van der Waals surface area contributed by atoms with Crippen LogP contribution in [0, 0.1) is 10.1 Å². The fraction of sp³-hybridized carbons (Fsp3) is 0.350. The van der Waals surface area contributed by atoms with Gasteiger partial charge in [-0.15, -0.1) is 0 Å². The summed E-state index contributed by atoms with van der Waals surface area (Å²) in [6.45, 7) is 4.41. The van der Waals surface area contributed by atoms with Gasteiger partial charge in [0, 0.05) is 43.6 Å². The third kappa shape index (κ3) is 4.60. The van der Waals surface area contributed by atoms with Crippen LogP contribution >= 0.6 is 11.8 Å². The van der Waals surface area contributed by atoms with E-state index < -0.39 is 0 Å². The average Bonchev–Trinajstić information content (AvgIpc) is 2.72. The average molecular weight is 385 g/mol. The number of rotatable bonds is 6. The molecule has 0 N–H and O–H groups in total. The number of nitrogens with zero attached hydrogens (tertiary/aromatic N) is 3. The number of hydrogen-bond donors (Lipinski definition) is 0. The van der Waals surface area contributed by atoms with Gasteiger partial charge >= 0.3 is 0 Å². The standard InChI is InChI=1S/C20H23N3O3S/c1-2-27-15-16-7-9-17(10-8-16)20(24)22-13-11-21(12-14-22)18-5-3-4-6-19(18)23(25)26/h3-10H,2,11-15H2,1H3. The highest BCUT2D eigenvalue weighted by Gasteiger charge is 2.25. The van der Waals surface area contributed by atoms with E-state index in [1.54, 1.807) is 18.2 Å². The summed E-state index contributed by atoms with van der Waals surface area (Å²) >= 11 is 1.86. The van der Waals surface area contributed by atoms with Crippen molar-refractivity contribution in [2.45, 2.75) is 12.7 Å². The number of carbonyl (C=O) groups excluding carboxylic acids is 1. The summed E-state index contributed by atoms with van der Waals surface area (Å²) in [6, 6.07) is 14.6. The normalized spacial score (nSPS) is 14.3. The summed E-state index contributed by atoms with van der Waals surface area (Å²) < 4.78 is 0. The molecule has 0 atom stereocenters. The van der Waals surface area contributed by atoms with E-state index in [1.165, 1.54) is 11.6 Å². The van der Waals surface area contributed by atoms with Gasteiger partial charge in [0.2, 0.25) is 0 Å². The molecule has 2 aromatic carbocycles. The second-order valence-electron chi connectivity index (χ2n) is 6.36. The molecule has 7 heteroatoms. The van der Waals surface area contributed by atoms with Gasteiger partial charge in [-0.2, -0.15) is 11.8 Å². The Morgan fingerprint density at radius 2 is 1.74 bits per heavy atom. The van der Waals surface area contributed by atoms with Crippen molar-refractivity contribution in [3.63, 3.8) is 0 Å². The Labute approximate surface area is 163 Å². The topological polar surface area (TPSA) is 66.7 Å². The van der Waals surface area contributed by atoms with Crippen molar-refractivity contribution in [1.82, 2.24) is 4.90 Å². The number of hydrogen-bond acceptors (Lipinski definition) is 5. The summed E-state index contributed by atoms with van der Waals surface area (Å²) in [5, 5.41) is 11.2. The summed E-state index contributed by atoms with van der Waals surface area (Å²) in [6.07, 6.45) is 0. The number of anilines is 1. The maximum Gasteiger partial charge on any atom is 0.292 e. The second-order valence-corrected chi connectivity index (χ2v) is 7.63. The van der Waals surface area contributed by atoms with Gasteiger partial charge in [-0.1, -0.05) is 31.2 Å². The van der Waals surface area contributed by atoms with Gasteiger partial charge in [0.25, 0.3) is 11.6 Å². The van der Waals surface area contributed by atoms with Gasteiger partial charge in [0.05, 0.1) is 4.92 Å². The first-order chi connectivity index (χ1) is 13.1. The lowest BCUT2D eigenvalue weighted by molar-refractivity contribution is -0.384. The van der Waals surface area contributed by atoms with Crippen LogP contribution in [0.15, 0.2) is 48.5 Å². The van der Waals surface area contributed by atoms with Crippen molar-refractivity contribution in [2.75, 3.05) is 36.8 Å². The lowest BCUT2D eigenvalue weighted by Gasteiger charge is -2.35. The van der Waals surface area contributed by atoms with E-state index in [9.17, 15) is 14.9 Å². The molecular weight excluding hydrogens is 362 g/mol. The first-order valence-corrected chi connectivity index (χ1v) is 10.2. The minimum atomic E-state index is -0.356. The van der Waals surface area contributed by atoms with Crippen LogP contribution in [0.4, 0.5) is 11.4 Å². The fourth-order valence-corrected chi connectivity index (χ4v) is 3.81. The number of nitro groups is 1. The smallest absolute Gasteiger partial charge is 0.292 e. The highest BCUT2D eigenvalue weighted by atomic mass is 32.2. The molecule has 0 saturated carbocycles. The van der Waals surface area contributed by atoms with Crippen LogP contribution < -0.4 is 4.90 Å². The lowest BCUT2D eigenvalue weighted by Crippen LogP contribution is -2.48. The van der Waals surface area contributed by atoms with E-state index in [-0.39, 0.29) is 16.5 Å². The largest absolute Gasteiger partial charge is 0.362 e. The molecule has 1 heterocycles. The number of thioether (sulfide) groups is 1. The molecule has 1 aliphatic heterocycles. The first kappa shape index (κ1) is 19.2. The third-order valence-electron chi connectivity index (χ3n) is 4.66. The summed E-state index contributed by atoms with van der Waals surface area (Å²) in [4.78, 5) is 27.4. The molecule has 0 unspecified atom stereocenters. The Morgan fingerprint density at radius 3 is 2.37 bits per heavy atom. The summed E-state index contributed by atoms with van der Waals surface area (Å²) in [7, 11) is 0. The zero-order valence-electron chi connectivity index (χ0n) is 15.3. The Bertz CT molecular complexity index is 802. The number of nitro benzene ring substituents is 1. The molecule has 0 aliphatic carbocycles. The number of carbonyl (C=O) groups is 1. The number of benzene rings is 2. The monoisotopic (exact) mass is 385 g/mol. The molecule has 0 bridgehead atoms. The SMILES string of the molecule is CCSCc1ccc(C(=O)N2CCN(c3ccccc3[N+](=O)[O-])CC2)cc1. The minimum Gasteiger partial charge on any atom is -0.362 e. The molecule has 1 amide bonds. The molecule has 6 nitrogen and oxygen atoms in total. The van der Waals surface area contributed by atoms with Crippen molar-refractivity contribution >= 4 is 29.0 Å². The lowest BCUT2D eigenvalue weighted by atomic mass is 10.1. The maximum atomic E-state index is 12.7. The van der Waals surface area contributed by atoms with Crippen molar-refractivity contribution in [2.24, 2.45) is 0 Å². The molecule has 0 radical (unpaired) electrons. The Morgan fingerprint density at radius 1 is 1.07 bits per heavy atom. The van der Waals surface area contributed by atoms with Crippen LogP contribution in [0.5, 0.6) is 0 Å². The van der Waals surface area contributed by atoms with Crippen LogP contribution in [0.1, 0.15) is 22.8 Å². The van der Waals surface area contributed by atoms with Crippen LogP contribution in [0.2, 0.25) is 0 Å². The highest BCUT2D eigenvalue weighted by molar-refractivity contribution is 7.98. The molecule has 1 fully saturated rings. The summed E-state index contributed by atoms with van der Waals surface area (Å²) in [5.74, 6) is 2.05. The van der Waals surface area contributed by atoms with Gasteiger partial charge in [0.15, 0.2) is 0 Å². The van der Waals surface area contributed by atoms with Gasteiger partial charge in [-0.05, 0) is 29.5 Å². The molecular formula is C20H23N3O3S.